The summed E-state index contributed by atoms with van der Waals surface area (Å²) in [6.45, 7) is 8.43. The third-order valence-corrected chi connectivity index (χ3v) is 5.29. The van der Waals surface area contributed by atoms with E-state index in [0.29, 0.717) is 0 Å². The number of rotatable bonds is 7. The maximum atomic E-state index is 12.1. The minimum absolute atomic E-state index is 0. The molecule has 2 N–H and O–H groups in total. The molecule has 0 spiro atoms. The molecule has 2 saturated heterocycles. The van der Waals surface area contributed by atoms with Crippen molar-refractivity contribution in [3.05, 3.63) is 35.9 Å². The van der Waals surface area contributed by atoms with Crippen molar-refractivity contribution < 1.29 is 4.79 Å². The van der Waals surface area contributed by atoms with Crippen LogP contribution in [0.4, 0.5) is 0 Å². The number of carbonyl (C=O) groups is 1. The van der Waals surface area contributed by atoms with E-state index in [2.05, 4.69) is 50.8 Å². The fourth-order valence-corrected chi connectivity index (χ4v) is 3.73. The summed E-state index contributed by atoms with van der Waals surface area (Å²) in [5.41, 5.74) is 1.40. The summed E-state index contributed by atoms with van der Waals surface area (Å²) in [4.78, 5) is 17.1. The van der Waals surface area contributed by atoms with Crippen LogP contribution >= 0.6 is 37.2 Å². The van der Waals surface area contributed by atoms with Crippen LogP contribution < -0.4 is 10.6 Å². The van der Waals surface area contributed by atoms with Crippen molar-refractivity contribution in [3.63, 3.8) is 0 Å². The third kappa shape index (κ3) is 9.29. The second kappa shape index (κ2) is 15.3. The highest BCUT2D eigenvalue weighted by molar-refractivity contribution is 5.86. The van der Waals surface area contributed by atoms with E-state index in [1.807, 2.05) is 0 Å². The Balaban J connectivity index is 0.00000243. The number of amides is 1. The number of piperidine rings is 1. The quantitative estimate of drug-likeness (QED) is 0.623. The van der Waals surface area contributed by atoms with Gasteiger partial charge in [0.15, 0.2) is 0 Å². The van der Waals surface area contributed by atoms with Gasteiger partial charge < -0.3 is 15.5 Å². The van der Waals surface area contributed by atoms with Crippen LogP contribution in [0.3, 0.4) is 0 Å². The first-order chi connectivity index (χ1) is 12.3. The Labute approximate surface area is 188 Å². The molecule has 2 aliphatic heterocycles. The van der Waals surface area contributed by atoms with Gasteiger partial charge in [0.1, 0.15) is 0 Å². The summed E-state index contributed by atoms with van der Waals surface area (Å²) >= 11 is 0. The fraction of sp³-hybridized carbons (Fsp3) is 0.650. The lowest BCUT2D eigenvalue weighted by molar-refractivity contribution is -0.123. The molecule has 1 unspecified atom stereocenters. The molecule has 0 radical (unpaired) electrons. The normalized spacial score (nSPS) is 20.2. The van der Waals surface area contributed by atoms with Crippen molar-refractivity contribution in [2.24, 2.45) is 0 Å². The molecule has 1 aromatic rings. The molecule has 2 aliphatic rings. The third-order valence-electron chi connectivity index (χ3n) is 5.29. The molecule has 0 aromatic heterocycles. The number of nitrogens with zero attached hydrogens (tertiary/aromatic N) is 2. The molecule has 28 heavy (non-hydrogen) atoms. The molecule has 3 rings (SSSR count). The summed E-state index contributed by atoms with van der Waals surface area (Å²) in [6, 6.07) is 10.7. The zero-order valence-corrected chi connectivity index (χ0v) is 18.9. The minimum atomic E-state index is 0. The van der Waals surface area contributed by atoms with E-state index in [-0.39, 0.29) is 49.2 Å². The Morgan fingerprint density at radius 2 is 1.68 bits per heavy atom. The summed E-state index contributed by atoms with van der Waals surface area (Å²) in [5.74, 6) is 0.187. The molecule has 1 aromatic carbocycles. The van der Waals surface area contributed by atoms with Gasteiger partial charge in [-0.25, -0.2) is 0 Å². The van der Waals surface area contributed by atoms with Gasteiger partial charge in [-0.2, -0.15) is 0 Å². The van der Waals surface area contributed by atoms with E-state index in [9.17, 15) is 4.79 Å². The smallest absolute Gasteiger partial charge is 0.237 e. The van der Waals surface area contributed by atoms with Crippen molar-refractivity contribution in [2.75, 3.05) is 45.8 Å². The first-order valence-corrected chi connectivity index (χ1v) is 9.81. The first-order valence-electron chi connectivity index (χ1n) is 9.81. The molecule has 0 aliphatic carbocycles. The van der Waals surface area contributed by atoms with E-state index in [0.717, 1.165) is 65.2 Å². The van der Waals surface area contributed by atoms with Crippen LogP contribution in [0.2, 0.25) is 0 Å². The largest absolute Gasteiger partial charge is 0.355 e. The van der Waals surface area contributed by atoms with Gasteiger partial charge in [0.25, 0.3) is 0 Å². The second-order valence-electron chi connectivity index (χ2n) is 7.25. The van der Waals surface area contributed by atoms with Crippen molar-refractivity contribution in [1.82, 2.24) is 20.4 Å². The van der Waals surface area contributed by atoms with Crippen molar-refractivity contribution in [2.45, 2.75) is 38.3 Å². The van der Waals surface area contributed by atoms with Gasteiger partial charge in [-0.3, -0.25) is 9.69 Å². The second-order valence-corrected chi connectivity index (χ2v) is 7.25. The number of hydrogen-bond acceptors (Lipinski definition) is 4. The van der Waals surface area contributed by atoms with Crippen LogP contribution in [-0.4, -0.2) is 67.6 Å². The number of nitrogens with one attached hydrogen (secondary N) is 2. The Hall–Kier alpha value is -0.560. The van der Waals surface area contributed by atoms with Gasteiger partial charge in [-0.1, -0.05) is 36.8 Å². The van der Waals surface area contributed by atoms with E-state index < -0.39 is 0 Å². The molecule has 1 amide bonds. The van der Waals surface area contributed by atoms with Crippen molar-refractivity contribution in [1.29, 1.82) is 0 Å². The Morgan fingerprint density at radius 1 is 1.00 bits per heavy atom. The molecule has 5 nitrogen and oxygen atoms in total. The standard InChI is InChI=1S/C20H32N4O.3ClH/c25-20(19-9-4-5-10-21-19)22-11-6-12-23-13-15-24(16-14-23)17-18-7-2-1-3-8-18;;;/h1-3,7-8,19,21H,4-6,9-17H2,(H,22,25);3*1H. The molecule has 2 heterocycles. The number of halogens is 3. The van der Waals surface area contributed by atoms with Gasteiger partial charge in [0, 0.05) is 39.3 Å². The van der Waals surface area contributed by atoms with Crippen molar-refractivity contribution >= 4 is 43.1 Å². The highest BCUT2D eigenvalue weighted by Crippen LogP contribution is 2.09. The lowest BCUT2D eigenvalue weighted by atomic mass is 10.0. The van der Waals surface area contributed by atoms with Crippen LogP contribution in [0.25, 0.3) is 0 Å². The Bertz CT molecular complexity index is 521. The van der Waals surface area contributed by atoms with Crippen LogP contribution in [-0.2, 0) is 11.3 Å². The number of benzene rings is 1. The highest BCUT2D eigenvalue weighted by atomic mass is 35.5. The SMILES string of the molecule is Cl.Cl.Cl.O=C(NCCCN1CCN(Cc2ccccc2)CC1)C1CCCCN1. The molecule has 0 bridgehead atoms. The minimum Gasteiger partial charge on any atom is -0.355 e. The average Bonchev–Trinajstić information content (AvgIpc) is 2.68. The monoisotopic (exact) mass is 452 g/mol. The lowest BCUT2D eigenvalue weighted by Crippen LogP contribution is -2.48. The van der Waals surface area contributed by atoms with Crippen LogP contribution in [0.15, 0.2) is 30.3 Å². The number of carbonyl (C=O) groups excluding carboxylic acids is 1. The van der Waals surface area contributed by atoms with E-state index >= 15 is 0 Å². The van der Waals surface area contributed by atoms with Gasteiger partial charge in [-0.15, -0.1) is 37.2 Å². The van der Waals surface area contributed by atoms with Crippen LogP contribution in [0.1, 0.15) is 31.2 Å². The number of hydrogen-bond donors (Lipinski definition) is 2. The Kier molecular flexibility index (Phi) is 15.0. The maximum Gasteiger partial charge on any atom is 0.237 e. The predicted molar refractivity (Wildman–Crippen MR) is 123 cm³/mol. The Morgan fingerprint density at radius 3 is 2.32 bits per heavy atom. The van der Waals surface area contributed by atoms with Gasteiger partial charge in [-0.05, 0) is 37.9 Å². The predicted octanol–water partition coefficient (Wildman–Crippen LogP) is 2.72. The van der Waals surface area contributed by atoms with Gasteiger partial charge >= 0.3 is 0 Å². The molecule has 8 heteroatoms. The molecule has 0 saturated carbocycles. The molecular weight excluding hydrogens is 419 g/mol. The summed E-state index contributed by atoms with van der Waals surface area (Å²) in [7, 11) is 0. The maximum absolute atomic E-state index is 12.1. The summed E-state index contributed by atoms with van der Waals surface area (Å²) in [6.07, 6.45) is 4.38. The van der Waals surface area contributed by atoms with Gasteiger partial charge in [0.05, 0.1) is 6.04 Å². The van der Waals surface area contributed by atoms with Crippen molar-refractivity contribution in [3.8, 4) is 0 Å². The van der Waals surface area contributed by atoms with E-state index in [1.165, 1.54) is 18.4 Å². The van der Waals surface area contributed by atoms with Gasteiger partial charge in [0.2, 0.25) is 5.91 Å². The topological polar surface area (TPSA) is 47.6 Å². The zero-order chi connectivity index (χ0) is 17.3. The summed E-state index contributed by atoms with van der Waals surface area (Å²) < 4.78 is 0. The van der Waals surface area contributed by atoms with E-state index in [1.54, 1.807) is 0 Å². The zero-order valence-electron chi connectivity index (χ0n) is 16.5. The summed E-state index contributed by atoms with van der Waals surface area (Å²) in [5, 5.41) is 6.40. The molecule has 162 valence electrons. The first kappa shape index (κ1) is 27.4. The lowest BCUT2D eigenvalue weighted by Gasteiger charge is -2.34. The average molecular weight is 454 g/mol. The molecule has 1 atom stereocenters. The fourth-order valence-electron chi connectivity index (χ4n) is 3.73. The molecule has 2 fully saturated rings. The molecular formula is C20H35Cl3N4O. The van der Waals surface area contributed by atoms with E-state index in [4.69, 9.17) is 0 Å². The highest BCUT2D eigenvalue weighted by Gasteiger charge is 2.20. The van der Waals surface area contributed by atoms with Crippen LogP contribution in [0, 0.1) is 0 Å². The number of piperazine rings is 1. The van der Waals surface area contributed by atoms with Crippen LogP contribution in [0.5, 0.6) is 0 Å².